The van der Waals surface area contributed by atoms with Crippen molar-refractivity contribution in [3.05, 3.63) is 91.5 Å². The zero-order valence-corrected chi connectivity index (χ0v) is 22.6. The first-order chi connectivity index (χ1) is 19.1. The Labute approximate surface area is 235 Å². The van der Waals surface area contributed by atoms with E-state index in [-0.39, 0.29) is 62.9 Å². The van der Waals surface area contributed by atoms with E-state index >= 15 is 0 Å². The molecule has 0 saturated carbocycles. The van der Waals surface area contributed by atoms with Crippen molar-refractivity contribution in [1.29, 1.82) is 0 Å². The van der Waals surface area contributed by atoms with Crippen molar-refractivity contribution in [3.8, 4) is 11.5 Å². The number of fused-ring (bicyclic) bond motifs is 3. The number of carbonyl (C=O) groups is 4. The lowest BCUT2D eigenvalue weighted by Gasteiger charge is -2.42. The maximum atomic E-state index is 13.9. The number of para-hydroxylation sites is 1. The van der Waals surface area contributed by atoms with E-state index < -0.39 is 40.4 Å². The van der Waals surface area contributed by atoms with E-state index in [2.05, 4.69) is 15.9 Å². The number of non-ortho nitro benzene ring substituents is 1. The third kappa shape index (κ3) is 3.68. The highest BCUT2D eigenvalue weighted by Crippen LogP contribution is 2.57. The minimum Gasteiger partial charge on any atom is -0.504 e. The number of hydrogen-bond donors (Lipinski definition) is 1. The van der Waals surface area contributed by atoms with Crippen LogP contribution in [0.2, 0.25) is 0 Å². The van der Waals surface area contributed by atoms with Gasteiger partial charge in [-0.2, -0.15) is 0 Å². The number of rotatable bonds is 4. The lowest BCUT2D eigenvalue weighted by atomic mass is 9.59. The summed E-state index contributed by atoms with van der Waals surface area (Å²) in [6, 6.07) is 10.1. The number of halogens is 1. The van der Waals surface area contributed by atoms with Gasteiger partial charge in [-0.05, 0) is 52.9 Å². The molecule has 4 aliphatic rings. The van der Waals surface area contributed by atoms with Crippen LogP contribution >= 0.6 is 15.9 Å². The third-order valence-electron chi connectivity index (χ3n) is 8.21. The Morgan fingerprint density at radius 1 is 1.05 bits per heavy atom. The number of ketones is 2. The molecule has 4 unspecified atom stereocenters. The Bertz CT molecular complexity index is 1640. The number of Topliss-reactive ketones (excluding diaryl/α,β-unsaturated/α-hetero) is 1. The summed E-state index contributed by atoms with van der Waals surface area (Å²) in [5.74, 6) is -4.58. The van der Waals surface area contributed by atoms with Crippen LogP contribution in [0.25, 0.3) is 0 Å². The van der Waals surface area contributed by atoms with Gasteiger partial charge in [0.05, 0.1) is 34.0 Å². The molecule has 1 N–H and O–H groups in total. The van der Waals surface area contributed by atoms with Gasteiger partial charge in [0.2, 0.25) is 11.8 Å². The molecule has 0 bridgehead atoms. The standard InChI is InChI=1S/C29H21BrN2O8/c1-40-22-4-2-3-16(27(22)35)23-15-9-10-17-24(18(15)11-19-25(23)21(33)12-20(30)26(19)34)29(37)31(28(17)36)13-5-7-14(8-6-13)32(38)39/h2-9,12,17-18,23-24,35H,10-11H2,1H3. The quantitative estimate of drug-likeness (QED) is 0.179. The van der Waals surface area contributed by atoms with Crippen LogP contribution in [-0.4, -0.2) is 40.5 Å². The summed E-state index contributed by atoms with van der Waals surface area (Å²) in [4.78, 5) is 65.6. The Balaban J connectivity index is 1.47. The smallest absolute Gasteiger partial charge is 0.269 e. The number of nitro benzene ring substituents is 1. The fourth-order valence-corrected chi connectivity index (χ4v) is 6.92. The molecule has 10 nitrogen and oxygen atoms in total. The summed E-state index contributed by atoms with van der Waals surface area (Å²) >= 11 is 3.19. The summed E-state index contributed by atoms with van der Waals surface area (Å²) in [6.07, 6.45) is 3.35. The summed E-state index contributed by atoms with van der Waals surface area (Å²) in [5, 5.41) is 22.2. The van der Waals surface area contributed by atoms with Crippen LogP contribution in [0, 0.1) is 27.9 Å². The van der Waals surface area contributed by atoms with Crippen molar-refractivity contribution in [1.82, 2.24) is 0 Å². The van der Waals surface area contributed by atoms with E-state index in [1.807, 2.05) is 6.08 Å². The zero-order chi connectivity index (χ0) is 28.5. The van der Waals surface area contributed by atoms with Gasteiger partial charge in [0.25, 0.3) is 5.69 Å². The van der Waals surface area contributed by atoms with E-state index in [1.165, 1.54) is 37.5 Å². The topological polar surface area (TPSA) is 144 Å². The third-order valence-corrected chi connectivity index (χ3v) is 8.80. The lowest BCUT2D eigenvalue weighted by Crippen LogP contribution is -2.39. The predicted molar refractivity (Wildman–Crippen MR) is 145 cm³/mol. The van der Waals surface area contributed by atoms with Crippen molar-refractivity contribution in [2.45, 2.75) is 18.8 Å². The first-order valence-corrected chi connectivity index (χ1v) is 13.3. The van der Waals surface area contributed by atoms with E-state index in [4.69, 9.17) is 4.74 Å². The molecule has 0 radical (unpaired) electrons. The molecule has 1 heterocycles. The summed E-state index contributed by atoms with van der Waals surface area (Å²) in [5.41, 5.74) is 1.57. The number of nitrogens with zero attached hydrogens (tertiary/aromatic N) is 2. The van der Waals surface area contributed by atoms with Crippen LogP contribution in [0.4, 0.5) is 11.4 Å². The number of carbonyl (C=O) groups excluding carboxylic acids is 4. The van der Waals surface area contributed by atoms with Crippen LogP contribution in [0.15, 0.2) is 75.8 Å². The number of anilines is 1. The first kappa shape index (κ1) is 25.9. The van der Waals surface area contributed by atoms with E-state index in [0.29, 0.717) is 11.1 Å². The Morgan fingerprint density at radius 3 is 2.45 bits per heavy atom. The van der Waals surface area contributed by atoms with Crippen molar-refractivity contribution in [2.24, 2.45) is 17.8 Å². The van der Waals surface area contributed by atoms with Crippen molar-refractivity contribution < 1.29 is 33.9 Å². The monoisotopic (exact) mass is 604 g/mol. The second-order valence-electron chi connectivity index (χ2n) is 10.1. The fourth-order valence-electron chi connectivity index (χ4n) is 6.48. The fraction of sp³-hybridized carbons (Fsp3) is 0.241. The van der Waals surface area contributed by atoms with E-state index in [1.54, 1.807) is 18.2 Å². The molecule has 1 saturated heterocycles. The van der Waals surface area contributed by atoms with Gasteiger partial charge >= 0.3 is 0 Å². The number of aromatic hydroxyl groups is 1. The molecule has 3 aliphatic carbocycles. The molecule has 1 fully saturated rings. The number of amides is 2. The van der Waals surface area contributed by atoms with Gasteiger partial charge in [-0.25, -0.2) is 0 Å². The normalized spacial score (nSPS) is 25.7. The molecule has 202 valence electrons. The lowest BCUT2D eigenvalue weighted by molar-refractivity contribution is -0.384. The number of phenolic OH excluding ortho intramolecular Hbond substituents is 1. The predicted octanol–water partition coefficient (Wildman–Crippen LogP) is 4.28. The Hall–Kier alpha value is -4.38. The highest BCUT2D eigenvalue weighted by atomic mass is 79.9. The van der Waals surface area contributed by atoms with Crippen molar-refractivity contribution >= 4 is 50.7 Å². The first-order valence-electron chi connectivity index (χ1n) is 12.5. The molecular weight excluding hydrogens is 584 g/mol. The van der Waals surface area contributed by atoms with Gasteiger partial charge in [0.1, 0.15) is 0 Å². The molecule has 2 amide bonds. The van der Waals surface area contributed by atoms with Crippen LogP contribution < -0.4 is 9.64 Å². The molecule has 0 aromatic heterocycles. The molecule has 2 aromatic carbocycles. The highest BCUT2D eigenvalue weighted by molar-refractivity contribution is 9.12. The van der Waals surface area contributed by atoms with E-state index in [0.717, 1.165) is 4.90 Å². The van der Waals surface area contributed by atoms with Gasteiger partial charge in [-0.1, -0.05) is 23.8 Å². The second kappa shape index (κ2) is 9.37. The van der Waals surface area contributed by atoms with Gasteiger partial charge in [-0.3, -0.25) is 34.2 Å². The number of nitro groups is 1. The Morgan fingerprint density at radius 2 is 1.77 bits per heavy atom. The largest absolute Gasteiger partial charge is 0.504 e. The summed E-state index contributed by atoms with van der Waals surface area (Å²) < 4.78 is 5.40. The maximum absolute atomic E-state index is 13.9. The van der Waals surface area contributed by atoms with Gasteiger partial charge in [-0.15, -0.1) is 0 Å². The van der Waals surface area contributed by atoms with Gasteiger partial charge in [0.15, 0.2) is 23.1 Å². The maximum Gasteiger partial charge on any atom is 0.269 e. The summed E-state index contributed by atoms with van der Waals surface area (Å²) in [7, 11) is 1.41. The molecule has 11 heteroatoms. The SMILES string of the molecule is COc1cccc(C2C3=CCC4C(=O)N(c5ccc([N+](=O)[O-])cc5)C(=O)C4C3CC3=C2C(=O)C=C(Br)C3=O)c1O. The number of allylic oxidation sites excluding steroid dienone is 6. The molecule has 6 rings (SSSR count). The average molecular weight is 605 g/mol. The number of phenols is 1. The minimum absolute atomic E-state index is 0.0736. The average Bonchev–Trinajstić information content (AvgIpc) is 3.20. The zero-order valence-electron chi connectivity index (χ0n) is 21.0. The molecular formula is C29H21BrN2O8. The van der Waals surface area contributed by atoms with Crippen LogP contribution in [0.3, 0.4) is 0 Å². The molecule has 4 atom stereocenters. The number of hydrogen-bond acceptors (Lipinski definition) is 8. The van der Waals surface area contributed by atoms with Crippen molar-refractivity contribution in [2.75, 3.05) is 12.0 Å². The number of benzene rings is 2. The number of imide groups is 1. The molecule has 40 heavy (non-hydrogen) atoms. The molecule has 1 aliphatic heterocycles. The van der Waals surface area contributed by atoms with Gasteiger partial charge in [0, 0.05) is 40.8 Å². The van der Waals surface area contributed by atoms with Crippen LogP contribution in [0.1, 0.15) is 24.3 Å². The van der Waals surface area contributed by atoms with E-state index in [9.17, 15) is 34.4 Å². The van der Waals surface area contributed by atoms with Crippen molar-refractivity contribution in [3.63, 3.8) is 0 Å². The number of ether oxygens (including phenoxy) is 1. The molecule has 0 spiro atoms. The van der Waals surface area contributed by atoms with Gasteiger partial charge < -0.3 is 9.84 Å². The number of methoxy groups -OCH3 is 1. The highest BCUT2D eigenvalue weighted by Gasteiger charge is 2.57. The van der Waals surface area contributed by atoms with Crippen LogP contribution in [-0.2, 0) is 19.2 Å². The minimum atomic E-state index is -0.825. The van der Waals surface area contributed by atoms with Crippen LogP contribution in [0.5, 0.6) is 11.5 Å². The second-order valence-corrected chi connectivity index (χ2v) is 10.9. The Kier molecular flexibility index (Phi) is 6.06. The summed E-state index contributed by atoms with van der Waals surface area (Å²) in [6.45, 7) is 0. The molecule has 2 aromatic rings.